The van der Waals surface area contributed by atoms with Crippen LogP contribution in [0.3, 0.4) is 0 Å². The van der Waals surface area contributed by atoms with Crippen LogP contribution in [0.2, 0.25) is 0 Å². The van der Waals surface area contributed by atoms with Crippen molar-refractivity contribution in [1.29, 1.82) is 5.26 Å². The normalized spacial score (nSPS) is 14.7. The van der Waals surface area contributed by atoms with Gasteiger partial charge >= 0.3 is 0 Å². The third-order valence-electron chi connectivity index (χ3n) is 1.97. The molecule has 0 bridgehead atoms. The Balaban J connectivity index is 2.43. The van der Waals surface area contributed by atoms with Crippen LogP contribution in [0.4, 0.5) is 0 Å². The Bertz CT molecular complexity index is 329. The van der Waals surface area contributed by atoms with Gasteiger partial charge in [-0.2, -0.15) is 5.26 Å². The zero-order valence-corrected chi connectivity index (χ0v) is 10.7. The first-order valence-electron chi connectivity index (χ1n) is 4.51. The molecule has 2 nitrogen and oxygen atoms in total. The Morgan fingerprint density at radius 1 is 1.57 bits per heavy atom. The first-order valence-corrected chi connectivity index (χ1v) is 6.12. The summed E-state index contributed by atoms with van der Waals surface area (Å²) in [6.45, 7) is 4.78. The summed E-state index contributed by atoms with van der Waals surface area (Å²) in [4.78, 5) is 1.29. The van der Waals surface area contributed by atoms with E-state index in [-0.39, 0.29) is 5.92 Å². The quantitative estimate of drug-likeness (QED) is 0.913. The lowest BCUT2D eigenvalue weighted by Gasteiger charge is -2.12. The van der Waals surface area contributed by atoms with Gasteiger partial charge in [-0.3, -0.25) is 0 Å². The molecule has 0 aliphatic rings. The number of nitriles is 1. The molecule has 0 amide bonds. The SMILES string of the molecule is CC(C#N)CNC(C)c1ccc(Br)s1. The maximum absolute atomic E-state index is 8.63. The molecule has 1 aromatic rings. The van der Waals surface area contributed by atoms with Gasteiger partial charge in [-0.1, -0.05) is 0 Å². The molecule has 0 aliphatic carbocycles. The third-order valence-corrected chi connectivity index (χ3v) is 3.78. The summed E-state index contributed by atoms with van der Waals surface area (Å²) in [5.74, 6) is 0.0702. The topological polar surface area (TPSA) is 35.8 Å². The first kappa shape index (κ1) is 11.7. The van der Waals surface area contributed by atoms with E-state index in [1.165, 1.54) is 4.88 Å². The monoisotopic (exact) mass is 272 g/mol. The maximum atomic E-state index is 8.63. The van der Waals surface area contributed by atoms with Crippen molar-refractivity contribution < 1.29 is 0 Å². The van der Waals surface area contributed by atoms with Crippen molar-refractivity contribution in [3.63, 3.8) is 0 Å². The molecular weight excluding hydrogens is 260 g/mol. The molecule has 0 aliphatic heterocycles. The minimum atomic E-state index is 0.0702. The highest BCUT2D eigenvalue weighted by Crippen LogP contribution is 2.26. The predicted molar refractivity (Wildman–Crippen MR) is 63.2 cm³/mol. The number of halogens is 1. The van der Waals surface area contributed by atoms with Gasteiger partial charge in [0.2, 0.25) is 0 Å². The number of hydrogen-bond donors (Lipinski definition) is 1. The largest absolute Gasteiger partial charge is 0.308 e. The molecule has 76 valence electrons. The van der Waals surface area contributed by atoms with Crippen molar-refractivity contribution >= 4 is 27.3 Å². The van der Waals surface area contributed by atoms with E-state index in [9.17, 15) is 0 Å². The van der Waals surface area contributed by atoms with Crippen LogP contribution in [0.5, 0.6) is 0 Å². The van der Waals surface area contributed by atoms with Gasteiger partial charge in [0.1, 0.15) is 0 Å². The van der Waals surface area contributed by atoms with Crippen molar-refractivity contribution in [3.05, 3.63) is 20.8 Å². The molecule has 2 unspecified atom stereocenters. The molecular formula is C10H13BrN2S. The molecule has 0 saturated carbocycles. The van der Waals surface area contributed by atoms with Crippen LogP contribution in [-0.2, 0) is 0 Å². The smallest absolute Gasteiger partial charge is 0.0701 e. The summed E-state index contributed by atoms with van der Waals surface area (Å²) in [5, 5.41) is 12.0. The molecule has 0 aromatic carbocycles. The summed E-state index contributed by atoms with van der Waals surface area (Å²) < 4.78 is 1.15. The zero-order valence-electron chi connectivity index (χ0n) is 8.25. The van der Waals surface area contributed by atoms with E-state index < -0.39 is 0 Å². The number of nitrogens with one attached hydrogen (secondary N) is 1. The lowest BCUT2D eigenvalue weighted by Crippen LogP contribution is -2.23. The Labute approximate surface area is 97.1 Å². The standard InChI is InChI=1S/C10H13BrN2S/c1-7(5-12)6-13-8(2)9-3-4-10(11)14-9/h3-4,7-8,13H,6H2,1-2H3. The highest BCUT2D eigenvalue weighted by Gasteiger charge is 2.08. The van der Waals surface area contributed by atoms with Crippen molar-refractivity contribution in [2.24, 2.45) is 5.92 Å². The minimum Gasteiger partial charge on any atom is -0.308 e. The van der Waals surface area contributed by atoms with Gasteiger partial charge < -0.3 is 5.32 Å². The number of thiophene rings is 1. The van der Waals surface area contributed by atoms with E-state index in [4.69, 9.17) is 5.26 Å². The molecule has 1 N–H and O–H groups in total. The predicted octanol–water partition coefficient (Wildman–Crippen LogP) is 3.32. The highest BCUT2D eigenvalue weighted by atomic mass is 79.9. The lowest BCUT2D eigenvalue weighted by atomic mass is 10.2. The lowest BCUT2D eigenvalue weighted by molar-refractivity contribution is 0.533. The Morgan fingerprint density at radius 2 is 2.29 bits per heavy atom. The maximum Gasteiger partial charge on any atom is 0.0701 e. The van der Waals surface area contributed by atoms with E-state index in [0.29, 0.717) is 6.04 Å². The summed E-state index contributed by atoms with van der Waals surface area (Å²) in [7, 11) is 0. The zero-order chi connectivity index (χ0) is 10.6. The molecule has 2 atom stereocenters. The van der Waals surface area contributed by atoms with Crippen LogP contribution in [0.1, 0.15) is 24.8 Å². The van der Waals surface area contributed by atoms with Crippen LogP contribution < -0.4 is 5.32 Å². The number of hydrogen-bond acceptors (Lipinski definition) is 3. The second kappa shape index (κ2) is 5.50. The van der Waals surface area contributed by atoms with E-state index in [1.54, 1.807) is 11.3 Å². The van der Waals surface area contributed by atoms with E-state index in [0.717, 1.165) is 10.3 Å². The van der Waals surface area contributed by atoms with Crippen molar-refractivity contribution in [1.82, 2.24) is 5.32 Å². The molecule has 1 aromatic heterocycles. The fraction of sp³-hybridized carbons (Fsp3) is 0.500. The third kappa shape index (κ3) is 3.41. The molecule has 0 radical (unpaired) electrons. The van der Waals surface area contributed by atoms with E-state index >= 15 is 0 Å². The summed E-state index contributed by atoms with van der Waals surface area (Å²) in [5.41, 5.74) is 0. The molecule has 0 spiro atoms. The second-order valence-corrected chi connectivity index (χ2v) is 5.80. The van der Waals surface area contributed by atoms with Crippen LogP contribution in [0.15, 0.2) is 15.9 Å². The fourth-order valence-corrected chi connectivity index (χ4v) is 2.51. The summed E-state index contributed by atoms with van der Waals surface area (Å²) >= 11 is 5.16. The molecule has 0 fully saturated rings. The minimum absolute atomic E-state index is 0.0702. The van der Waals surface area contributed by atoms with Crippen molar-refractivity contribution in [3.8, 4) is 6.07 Å². The average Bonchev–Trinajstić information content (AvgIpc) is 2.60. The Morgan fingerprint density at radius 3 is 2.79 bits per heavy atom. The first-order chi connectivity index (χ1) is 6.63. The van der Waals surface area contributed by atoms with Gasteiger partial charge in [-0.05, 0) is 41.9 Å². The summed E-state index contributed by atoms with van der Waals surface area (Å²) in [6.07, 6.45) is 0. The fourth-order valence-electron chi connectivity index (χ4n) is 1.06. The Kier molecular flexibility index (Phi) is 4.59. The van der Waals surface area contributed by atoms with Crippen molar-refractivity contribution in [2.75, 3.05) is 6.54 Å². The van der Waals surface area contributed by atoms with Gasteiger partial charge in [0, 0.05) is 17.5 Å². The molecule has 4 heteroatoms. The second-order valence-electron chi connectivity index (χ2n) is 3.30. The highest BCUT2D eigenvalue weighted by molar-refractivity contribution is 9.11. The van der Waals surface area contributed by atoms with Gasteiger partial charge in [-0.15, -0.1) is 11.3 Å². The average molecular weight is 273 g/mol. The molecule has 1 heterocycles. The van der Waals surface area contributed by atoms with Crippen LogP contribution in [0, 0.1) is 17.2 Å². The van der Waals surface area contributed by atoms with Gasteiger partial charge in [0.25, 0.3) is 0 Å². The Hall–Kier alpha value is -0.370. The molecule has 1 rings (SSSR count). The van der Waals surface area contributed by atoms with Crippen molar-refractivity contribution in [2.45, 2.75) is 19.9 Å². The van der Waals surface area contributed by atoms with E-state index in [1.807, 2.05) is 13.0 Å². The van der Waals surface area contributed by atoms with Gasteiger partial charge in [0.15, 0.2) is 0 Å². The van der Waals surface area contributed by atoms with Crippen LogP contribution in [-0.4, -0.2) is 6.54 Å². The summed E-state index contributed by atoms with van der Waals surface area (Å²) in [6, 6.07) is 6.68. The number of rotatable bonds is 4. The van der Waals surface area contributed by atoms with E-state index in [2.05, 4.69) is 40.3 Å². The van der Waals surface area contributed by atoms with Gasteiger partial charge in [-0.25, -0.2) is 0 Å². The van der Waals surface area contributed by atoms with Gasteiger partial charge in [0.05, 0.1) is 15.8 Å². The van der Waals surface area contributed by atoms with Crippen LogP contribution >= 0.6 is 27.3 Å². The molecule has 14 heavy (non-hydrogen) atoms. The molecule has 0 saturated heterocycles. The number of nitrogens with zero attached hydrogens (tertiary/aromatic N) is 1. The van der Waals surface area contributed by atoms with Crippen LogP contribution in [0.25, 0.3) is 0 Å².